The van der Waals surface area contributed by atoms with Crippen molar-refractivity contribution in [2.75, 3.05) is 25.6 Å². The van der Waals surface area contributed by atoms with Crippen LogP contribution in [0, 0.1) is 0 Å². The van der Waals surface area contributed by atoms with Crippen LogP contribution in [0.4, 0.5) is 5.69 Å². The number of anilines is 1. The average molecular weight is 306 g/mol. The lowest BCUT2D eigenvalue weighted by atomic mass is 10.1. The predicted octanol–water partition coefficient (Wildman–Crippen LogP) is -1.43. The van der Waals surface area contributed by atoms with Crippen LogP contribution in [0.3, 0.4) is 0 Å². The van der Waals surface area contributed by atoms with E-state index in [1.807, 2.05) is 0 Å². The molecule has 0 saturated carbocycles. The fourth-order valence-corrected chi connectivity index (χ4v) is 2.32. The number of aliphatic hydroxyl groups excluding tert-OH is 3. The van der Waals surface area contributed by atoms with Gasteiger partial charge in [0, 0.05) is 14.1 Å². The molecule has 1 aliphatic rings. The Kier molecular flexibility index (Phi) is 4.31. The Labute approximate surface area is 119 Å². The fraction of sp³-hybridized carbons (Fsp3) is 0.636. The molecule has 112 valence electrons. The van der Waals surface area contributed by atoms with Gasteiger partial charge in [-0.2, -0.15) is 9.78 Å². The van der Waals surface area contributed by atoms with Crippen LogP contribution >= 0.6 is 11.6 Å². The van der Waals surface area contributed by atoms with Gasteiger partial charge in [0.15, 0.2) is 6.23 Å². The highest BCUT2D eigenvalue weighted by Gasteiger charge is 2.44. The number of aliphatic hydroxyl groups is 3. The van der Waals surface area contributed by atoms with Gasteiger partial charge in [0.1, 0.15) is 23.3 Å². The molecule has 0 aliphatic carbocycles. The predicted molar refractivity (Wildman–Crippen MR) is 70.8 cm³/mol. The topological polar surface area (TPSA) is 108 Å². The Hall–Kier alpha value is -1.19. The molecule has 4 unspecified atom stereocenters. The SMILES string of the molecule is CN(C)c1cnn(C2OC(CO)C(O)C2O)c(=O)c1Cl. The molecule has 1 aliphatic heterocycles. The summed E-state index contributed by atoms with van der Waals surface area (Å²) in [4.78, 5) is 13.8. The zero-order valence-electron chi connectivity index (χ0n) is 11.0. The van der Waals surface area contributed by atoms with Gasteiger partial charge in [0.2, 0.25) is 0 Å². The zero-order valence-corrected chi connectivity index (χ0v) is 11.7. The van der Waals surface area contributed by atoms with Crippen molar-refractivity contribution in [3.8, 4) is 0 Å². The van der Waals surface area contributed by atoms with Crippen LogP contribution in [-0.4, -0.2) is 64.1 Å². The standard InChI is InChI=1S/C11H16ClN3O5/c1-14(2)5-3-13-15(10(19)7(5)12)11-9(18)8(17)6(4-16)20-11/h3,6,8-9,11,16-18H,4H2,1-2H3. The molecule has 0 amide bonds. The van der Waals surface area contributed by atoms with Crippen molar-refractivity contribution in [3.05, 3.63) is 21.6 Å². The quantitative estimate of drug-likeness (QED) is 0.628. The number of rotatable bonds is 3. The Bertz CT molecular complexity index is 549. The molecule has 1 aromatic rings. The number of nitrogens with zero attached hydrogens (tertiary/aromatic N) is 3. The summed E-state index contributed by atoms with van der Waals surface area (Å²) in [5.74, 6) is 0. The lowest BCUT2D eigenvalue weighted by Gasteiger charge is -2.19. The van der Waals surface area contributed by atoms with E-state index in [0.29, 0.717) is 5.69 Å². The molecule has 0 spiro atoms. The molecular formula is C11H16ClN3O5. The number of halogens is 1. The Morgan fingerprint density at radius 3 is 2.60 bits per heavy atom. The van der Waals surface area contributed by atoms with E-state index in [9.17, 15) is 15.0 Å². The van der Waals surface area contributed by atoms with Gasteiger partial charge in [-0.05, 0) is 0 Å². The van der Waals surface area contributed by atoms with Crippen LogP contribution in [0.1, 0.15) is 6.23 Å². The molecule has 8 nitrogen and oxygen atoms in total. The second-order valence-electron chi connectivity index (χ2n) is 4.72. The summed E-state index contributed by atoms with van der Waals surface area (Å²) in [6.45, 7) is -0.479. The summed E-state index contributed by atoms with van der Waals surface area (Å²) < 4.78 is 6.10. The van der Waals surface area contributed by atoms with Gasteiger partial charge in [0.05, 0.1) is 18.5 Å². The smallest absolute Gasteiger partial charge is 0.290 e. The first-order chi connectivity index (χ1) is 9.38. The first-order valence-corrected chi connectivity index (χ1v) is 6.33. The molecule has 20 heavy (non-hydrogen) atoms. The highest BCUT2D eigenvalue weighted by molar-refractivity contribution is 6.32. The maximum Gasteiger partial charge on any atom is 0.290 e. The van der Waals surface area contributed by atoms with Crippen molar-refractivity contribution in [3.63, 3.8) is 0 Å². The highest BCUT2D eigenvalue weighted by atomic mass is 35.5. The third-order valence-corrected chi connectivity index (χ3v) is 3.52. The van der Waals surface area contributed by atoms with Crippen molar-refractivity contribution in [2.24, 2.45) is 0 Å². The van der Waals surface area contributed by atoms with E-state index in [-0.39, 0.29) is 5.02 Å². The Balaban J connectivity index is 2.40. The van der Waals surface area contributed by atoms with Crippen molar-refractivity contribution < 1.29 is 20.1 Å². The van der Waals surface area contributed by atoms with Gasteiger partial charge in [0.25, 0.3) is 5.56 Å². The molecule has 1 aromatic heterocycles. The zero-order chi connectivity index (χ0) is 15.0. The molecule has 0 radical (unpaired) electrons. The number of aromatic nitrogens is 2. The second-order valence-corrected chi connectivity index (χ2v) is 5.09. The van der Waals surface area contributed by atoms with Gasteiger partial charge in [-0.3, -0.25) is 4.79 Å². The summed E-state index contributed by atoms with van der Waals surface area (Å²) in [7, 11) is 3.41. The van der Waals surface area contributed by atoms with Crippen LogP contribution in [0.5, 0.6) is 0 Å². The largest absolute Gasteiger partial charge is 0.394 e. The van der Waals surface area contributed by atoms with E-state index < -0.39 is 36.7 Å². The summed E-state index contributed by atoms with van der Waals surface area (Å²) in [5.41, 5.74) is -0.215. The first kappa shape index (κ1) is 15.2. The minimum Gasteiger partial charge on any atom is -0.394 e. The second kappa shape index (κ2) is 5.66. The third-order valence-electron chi connectivity index (χ3n) is 3.17. The maximum absolute atomic E-state index is 12.1. The van der Waals surface area contributed by atoms with E-state index >= 15 is 0 Å². The van der Waals surface area contributed by atoms with Crippen molar-refractivity contribution >= 4 is 17.3 Å². The molecule has 4 atom stereocenters. The number of ether oxygens (including phenoxy) is 1. The van der Waals surface area contributed by atoms with Crippen molar-refractivity contribution in [2.45, 2.75) is 24.5 Å². The molecule has 1 saturated heterocycles. The van der Waals surface area contributed by atoms with Crippen LogP contribution in [-0.2, 0) is 4.74 Å². The maximum atomic E-state index is 12.1. The normalized spacial score (nSPS) is 29.7. The minimum atomic E-state index is -1.38. The van der Waals surface area contributed by atoms with Gasteiger partial charge < -0.3 is 25.0 Å². The lowest BCUT2D eigenvalue weighted by molar-refractivity contribution is -0.0609. The minimum absolute atomic E-state index is 0.0669. The van der Waals surface area contributed by atoms with Crippen LogP contribution in [0.25, 0.3) is 0 Å². The van der Waals surface area contributed by atoms with E-state index in [1.54, 1.807) is 19.0 Å². The Morgan fingerprint density at radius 1 is 1.45 bits per heavy atom. The number of hydrogen-bond acceptors (Lipinski definition) is 7. The van der Waals surface area contributed by atoms with Crippen molar-refractivity contribution in [1.82, 2.24) is 9.78 Å². The van der Waals surface area contributed by atoms with E-state index in [4.69, 9.17) is 21.4 Å². The van der Waals surface area contributed by atoms with Gasteiger partial charge in [-0.25, -0.2) is 0 Å². The molecule has 9 heteroatoms. The van der Waals surface area contributed by atoms with E-state index in [2.05, 4.69) is 5.10 Å². The first-order valence-electron chi connectivity index (χ1n) is 5.95. The van der Waals surface area contributed by atoms with Gasteiger partial charge in [-0.15, -0.1) is 0 Å². The third kappa shape index (κ3) is 2.40. The van der Waals surface area contributed by atoms with Crippen LogP contribution in [0.15, 0.2) is 11.0 Å². The molecule has 1 fully saturated rings. The summed E-state index contributed by atoms with van der Waals surface area (Å²) in [5, 5.41) is 32.4. The monoisotopic (exact) mass is 305 g/mol. The molecule has 2 heterocycles. The summed E-state index contributed by atoms with van der Waals surface area (Å²) in [6, 6.07) is 0. The van der Waals surface area contributed by atoms with Crippen LogP contribution < -0.4 is 10.5 Å². The van der Waals surface area contributed by atoms with Crippen molar-refractivity contribution in [1.29, 1.82) is 0 Å². The molecule has 2 rings (SSSR count). The molecular weight excluding hydrogens is 290 g/mol. The lowest BCUT2D eigenvalue weighted by Crippen LogP contribution is -2.37. The fourth-order valence-electron chi connectivity index (χ4n) is 2.01. The van der Waals surface area contributed by atoms with Gasteiger partial charge >= 0.3 is 0 Å². The average Bonchev–Trinajstić information content (AvgIpc) is 2.69. The van der Waals surface area contributed by atoms with E-state index in [1.165, 1.54) is 6.20 Å². The molecule has 0 aromatic carbocycles. The highest BCUT2D eigenvalue weighted by Crippen LogP contribution is 2.28. The Morgan fingerprint density at radius 2 is 2.10 bits per heavy atom. The molecule has 3 N–H and O–H groups in total. The van der Waals surface area contributed by atoms with E-state index in [0.717, 1.165) is 4.68 Å². The number of hydrogen-bond donors (Lipinski definition) is 3. The van der Waals surface area contributed by atoms with Crippen LogP contribution in [0.2, 0.25) is 5.02 Å². The van der Waals surface area contributed by atoms with Gasteiger partial charge in [-0.1, -0.05) is 11.6 Å². The molecule has 0 bridgehead atoms. The summed E-state index contributed by atoms with van der Waals surface area (Å²) in [6.07, 6.45) is -3.48. The summed E-state index contributed by atoms with van der Waals surface area (Å²) >= 11 is 5.96.